The molecule has 0 aliphatic carbocycles. The van der Waals surface area contributed by atoms with Crippen LogP contribution < -0.4 is 21.4 Å². The highest BCUT2D eigenvalue weighted by atomic mass is 79.9. The molecule has 3 heteroatoms. The van der Waals surface area contributed by atoms with Gasteiger partial charge in [0, 0.05) is 11.6 Å². The minimum absolute atomic E-state index is 0. The molecule has 1 aromatic carbocycles. The Labute approximate surface area is 111 Å². The van der Waals surface area contributed by atoms with Crippen LogP contribution in [0.2, 0.25) is 0 Å². The summed E-state index contributed by atoms with van der Waals surface area (Å²) in [5.74, 6) is 0. The van der Waals surface area contributed by atoms with Crippen LogP contribution in [0.15, 0.2) is 60.9 Å². The van der Waals surface area contributed by atoms with E-state index in [1.807, 2.05) is 12.1 Å². The average molecular weight is 289 g/mol. The summed E-state index contributed by atoms with van der Waals surface area (Å²) in [5.41, 5.74) is 3.67. The van der Waals surface area contributed by atoms with Gasteiger partial charge in [-0.05, 0) is 6.07 Å². The van der Waals surface area contributed by atoms with Crippen molar-refractivity contribution in [2.45, 2.75) is 0 Å². The van der Waals surface area contributed by atoms with Gasteiger partial charge in [0.05, 0.1) is 13.2 Å². The summed E-state index contributed by atoms with van der Waals surface area (Å²) in [4.78, 5) is 0. The van der Waals surface area contributed by atoms with Crippen LogP contribution in [0.1, 0.15) is 0 Å². The number of rotatable bonds is 1. The van der Waals surface area contributed by atoms with Gasteiger partial charge in [-0.1, -0.05) is 36.4 Å². The first kappa shape index (κ1) is 11.9. The fourth-order valence-corrected chi connectivity index (χ4v) is 2.06. The molecule has 0 aliphatic heterocycles. The Hall–Kier alpha value is -1.61. The molecule has 3 rings (SSSR count). The van der Waals surface area contributed by atoms with Crippen LogP contribution in [0.25, 0.3) is 16.9 Å². The zero-order valence-electron chi connectivity index (χ0n) is 9.55. The van der Waals surface area contributed by atoms with E-state index in [1.165, 1.54) is 16.9 Å². The highest BCUT2D eigenvalue weighted by Gasteiger charge is 2.14. The average Bonchev–Trinajstić information content (AvgIpc) is 2.69. The van der Waals surface area contributed by atoms with E-state index < -0.39 is 0 Å². The maximum atomic E-state index is 2.20. The summed E-state index contributed by atoms with van der Waals surface area (Å²) in [6.07, 6.45) is 4.23. The highest BCUT2D eigenvalue weighted by molar-refractivity contribution is 5.60. The lowest BCUT2D eigenvalue weighted by Crippen LogP contribution is -3.00. The number of nitrogens with zero attached hydrogens (tertiary/aromatic N) is 2. The molecule has 0 atom stereocenters. The van der Waals surface area contributed by atoms with Gasteiger partial charge in [0.15, 0.2) is 5.69 Å². The first-order chi connectivity index (χ1) is 7.86. The number of hydrogen-bond acceptors (Lipinski definition) is 0. The number of benzene rings is 1. The third-order valence-corrected chi connectivity index (χ3v) is 2.90. The largest absolute Gasteiger partial charge is 1.00 e. The third kappa shape index (κ3) is 1.98. The Morgan fingerprint density at radius 1 is 0.941 bits per heavy atom. The van der Waals surface area contributed by atoms with Gasteiger partial charge in [-0.3, -0.25) is 0 Å². The fraction of sp³-hybridized carbons (Fsp3) is 0.0714. The van der Waals surface area contributed by atoms with E-state index in [0.29, 0.717) is 0 Å². The molecule has 0 amide bonds. The van der Waals surface area contributed by atoms with Crippen LogP contribution in [0.4, 0.5) is 0 Å². The minimum atomic E-state index is 0. The second-order valence-corrected chi connectivity index (χ2v) is 3.91. The summed E-state index contributed by atoms with van der Waals surface area (Å²) in [6.45, 7) is 0. The Balaban J connectivity index is 0.00000108. The number of pyridine rings is 1. The van der Waals surface area contributed by atoms with Gasteiger partial charge in [0.1, 0.15) is 6.20 Å². The zero-order chi connectivity index (χ0) is 11.0. The fourth-order valence-electron chi connectivity index (χ4n) is 2.06. The van der Waals surface area contributed by atoms with Gasteiger partial charge in [-0.15, -0.1) is 0 Å². The molecule has 0 saturated carbocycles. The molecule has 0 spiro atoms. The van der Waals surface area contributed by atoms with Crippen LogP contribution >= 0.6 is 0 Å². The van der Waals surface area contributed by atoms with Crippen LogP contribution in [-0.4, -0.2) is 4.57 Å². The third-order valence-electron chi connectivity index (χ3n) is 2.90. The molecule has 2 nitrogen and oxygen atoms in total. The van der Waals surface area contributed by atoms with E-state index in [2.05, 4.69) is 64.8 Å². The lowest BCUT2D eigenvalue weighted by atomic mass is 10.2. The van der Waals surface area contributed by atoms with Crippen molar-refractivity contribution in [3.63, 3.8) is 0 Å². The molecule has 0 bridgehead atoms. The van der Waals surface area contributed by atoms with Gasteiger partial charge in [0.2, 0.25) is 0 Å². The predicted molar refractivity (Wildman–Crippen MR) is 64.0 cm³/mol. The van der Waals surface area contributed by atoms with E-state index in [1.54, 1.807) is 0 Å². The van der Waals surface area contributed by atoms with Crippen molar-refractivity contribution in [2.24, 2.45) is 7.05 Å². The molecule has 0 unspecified atom stereocenters. The maximum Gasteiger partial charge on any atom is 0.286 e. The van der Waals surface area contributed by atoms with Crippen LogP contribution in [0.3, 0.4) is 0 Å². The van der Waals surface area contributed by atoms with Crippen LogP contribution in [-0.2, 0) is 7.05 Å². The molecule has 2 heterocycles. The van der Waals surface area contributed by atoms with Crippen LogP contribution in [0, 0.1) is 0 Å². The first-order valence-electron chi connectivity index (χ1n) is 5.37. The Morgan fingerprint density at radius 3 is 2.35 bits per heavy atom. The predicted octanol–water partition coefficient (Wildman–Crippen LogP) is -0.565. The maximum absolute atomic E-state index is 2.20. The van der Waals surface area contributed by atoms with E-state index in [9.17, 15) is 0 Å². The van der Waals surface area contributed by atoms with Crippen molar-refractivity contribution in [1.82, 2.24) is 4.57 Å². The number of fused-ring (bicyclic) bond motifs is 1. The first-order valence-corrected chi connectivity index (χ1v) is 5.37. The summed E-state index contributed by atoms with van der Waals surface area (Å²) in [5, 5.41) is 0. The van der Waals surface area contributed by atoms with E-state index in [4.69, 9.17) is 0 Å². The van der Waals surface area contributed by atoms with Crippen molar-refractivity contribution < 1.29 is 21.4 Å². The van der Waals surface area contributed by atoms with Crippen LogP contribution in [0.5, 0.6) is 0 Å². The second-order valence-electron chi connectivity index (χ2n) is 3.91. The number of aromatic nitrogens is 2. The smallest absolute Gasteiger partial charge is 0.286 e. The number of imidazole rings is 1. The summed E-state index contributed by atoms with van der Waals surface area (Å²) < 4.78 is 4.34. The standard InChI is InChI=1S/C14H13N2.BrH/c1-15-13(12-7-3-2-4-8-12)11-16-10-6-5-9-14(15)16;/h2-11H,1H3;1H/q+1;/p-1. The Bertz CT molecular complexity index is 629. The van der Waals surface area contributed by atoms with Gasteiger partial charge < -0.3 is 17.0 Å². The number of hydrogen-bond donors (Lipinski definition) is 0. The van der Waals surface area contributed by atoms with Gasteiger partial charge in [-0.25, -0.2) is 8.97 Å². The lowest BCUT2D eigenvalue weighted by Gasteiger charge is -1.95. The van der Waals surface area contributed by atoms with E-state index in [0.717, 1.165) is 0 Å². The zero-order valence-corrected chi connectivity index (χ0v) is 11.1. The Kier molecular flexibility index (Phi) is 3.29. The van der Waals surface area contributed by atoms with E-state index in [-0.39, 0.29) is 17.0 Å². The molecule has 0 saturated heterocycles. The minimum Gasteiger partial charge on any atom is -1.00 e. The molecule has 17 heavy (non-hydrogen) atoms. The molecule has 0 fully saturated rings. The Morgan fingerprint density at radius 2 is 1.65 bits per heavy atom. The van der Waals surface area contributed by atoms with Crippen molar-refractivity contribution in [1.29, 1.82) is 0 Å². The molecule has 0 aliphatic rings. The lowest BCUT2D eigenvalue weighted by molar-refractivity contribution is -0.510. The number of aryl methyl sites for hydroxylation is 1. The van der Waals surface area contributed by atoms with Crippen molar-refractivity contribution in [3.05, 3.63) is 60.9 Å². The van der Waals surface area contributed by atoms with Gasteiger partial charge in [-0.2, -0.15) is 0 Å². The topological polar surface area (TPSA) is 9.03 Å². The number of halogens is 1. The molecule has 2 aromatic heterocycles. The summed E-state index contributed by atoms with van der Waals surface area (Å²) in [7, 11) is 2.09. The van der Waals surface area contributed by atoms with Gasteiger partial charge >= 0.3 is 0 Å². The quantitative estimate of drug-likeness (QED) is 0.531. The monoisotopic (exact) mass is 288 g/mol. The van der Waals surface area contributed by atoms with E-state index >= 15 is 0 Å². The second kappa shape index (κ2) is 4.72. The van der Waals surface area contributed by atoms with Crippen molar-refractivity contribution >= 4 is 5.65 Å². The molecule has 0 radical (unpaired) electrons. The molecule has 86 valence electrons. The summed E-state index contributed by atoms with van der Waals surface area (Å²) >= 11 is 0. The van der Waals surface area contributed by atoms with Crippen molar-refractivity contribution in [3.8, 4) is 11.3 Å². The molecule has 0 N–H and O–H groups in total. The van der Waals surface area contributed by atoms with Gasteiger partial charge in [0.25, 0.3) is 5.65 Å². The normalized spacial score (nSPS) is 10.2. The SMILES string of the molecule is Cn1c(-c2ccccc2)c[n+]2ccccc12.[Br-]. The highest BCUT2D eigenvalue weighted by Crippen LogP contribution is 2.18. The summed E-state index contributed by atoms with van der Waals surface area (Å²) in [6, 6.07) is 16.7. The molecular formula is C14H13BrN2. The molecule has 3 aromatic rings. The molecular weight excluding hydrogens is 276 g/mol. The van der Waals surface area contributed by atoms with Crippen molar-refractivity contribution in [2.75, 3.05) is 0 Å².